The van der Waals surface area contributed by atoms with Crippen LogP contribution >= 0.6 is 0 Å². The summed E-state index contributed by atoms with van der Waals surface area (Å²) in [5.41, 5.74) is 7.03. The number of hydrogen-bond acceptors (Lipinski definition) is 3. The van der Waals surface area contributed by atoms with Crippen molar-refractivity contribution in [3.8, 4) is 0 Å². The molecule has 1 aliphatic heterocycles. The zero-order valence-corrected chi connectivity index (χ0v) is 10.7. The highest BCUT2D eigenvalue weighted by atomic mass is 15.3. The van der Waals surface area contributed by atoms with Gasteiger partial charge in [0.25, 0.3) is 0 Å². The number of nitrogens with two attached hydrogens (primary N) is 1. The molecule has 0 aromatic heterocycles. The van der Waals surface area contributed by atoms with Gasteiger partial charge in [0, 0.05) is 45.3 Å². The number of rotatable bonds is 4. The molecule has 2 N–H and O–H groups in total. The molecule has 0 spiro atoms. The summed E-state index contributed by atoms with van der Waals surface area (Å²) in [4.78, 5) is 5.02. The Morgan fingerprint density at radius 2 is 2.00 bits per heavy atom. The summed E-state index contributed by atoms with van der Waals surface area (Å²) in [7, 11) is 0. The predicted molar refractivity (Wildman–Crippen MR) is 71.8 cm³/mol. The Kier molecular flexibility index (Phi) is 4.54. The highest BCUT2D eigenvalue weighted by Gasteiger charge is 2.22. The molecule has 3 heteroatoms. The molecular weight excluding hydrogens is 210 g/mol. The third-order valence-corrected chi connectivity index (χ3v) is 3.51. The number of benzene rings is 1. The maximum absolute atomic E-state index is 5.62. The summed E-state index contributed by atoms with van der Waals surface area (Å²) in [6.07, 6.45) is 0. The van der Waals surface area contributed by atoms with E-state index >= 15 is 0 Å². The van der Waals surface area contributed by atoms with Crippen molar-refractivity contribution in [1.82, 2.24) is 9.80 Å². The van der Waals surface area contributed by atoms with Crippen LogP contribution in [0.1, 0.15) is 12.5 Å². The molecule has 1 fully saturated rings. The molecule has 0 saturated carbocycles. The van der Waals surface area contributed by atoms with Crippen LogP contribution in [0, 0.1) is 0 Å². The first-order valence-electron chi connectivity index (χ1n) is 6.50. The average Bonchev–Trinajstić information content (AvgIpc) is 2.34. The van der Waals surface area contributed by atoms with Gasteiger partial charge in [0.1, 0.15) is 0 Å². The van der Waals surface area contributed by atoms with Gasteiger partial charge in [0.05, 0.1) is 0 Å². The first-order valence-corrected chi connectivity index (χ1v) is 6.50. The van der Waals surface area contributed by atoms with E-state index in [2.05, 4.69) is 47.1 Å². The summed E-state index contributed by atoms with van der Waals surface area (Å²) in [5.74, 6) is 0. The lowest BCUT2D eigenvalue weighted by Gasteiger charge is -2.39. The second-order valence-electron chi connectivity index (χ2n) is 4.89. The van der Waals surface area contributed by atoms with E-state index in [1.165, 1.54) is 5.56 Å². The van der Waals surface area contributed by atoms with Gasteiger partial charge in [-0.3, -0.25) is 9.80 Å². The summed E-state index contributed by atoms with van der Waals surface area (Å²) in [6.45, 7) is 8.61. The van der Waals surface area contributed by atoms with E-state index in [-0.39, 0.29) is 0 Å². The van der Waals surface area contributed by atoms with Crippen molar-refractivity contribution >= 4 is 0 Å². The molecule has 0 bridgehead atoms. The van der Waals surface area contributed by atoms with E-state index < -0.39 is 0 Å². The lowest BCUT2D eigenvalue weighted by Crippen LogP contribution is -2.52. The zero-order chi connectivity index (χ0) is 12.1. The fraction of sp³-hybridized carbons (Fsp3) is 0.571. The van der Waals surface area contributed by atoms with Crippen LogP contribution in [0.4, 0.5) is 0 Å². The summed E-state index contributed by atoms with van der Waals surface area (Å²) in [6, 6.07) is 11.3. The summed E-state index contributed by atoms with van der Waals surface area (Å²) < 4.78 is 0. The van der Waals surface area contributed by atoms with Crippen molar-refractivity contribution in [1.29, 1.82) is 0 Å². The Hall–Kier alpha value is -0.900. The third-order valence-electron chi connectivity index (χ3n) is 3.51. The topological polar surface area (TPSA) is 32.5 Å². The standard InChI is InChI=1S/C14H23N3/c1-13-11-16(9-10-17(13)8-7-15)12-14-5-3-2-4-6-14/h2-6,13H,7-12,15H2,1H3/t13-/m0/s1. The van der Waals surface area contributed by atoms with Gasteiger partial charge in [-0.25, -0.2) is 0 Å². The van der Waals surface area contributed by atoms with Gasteiger partial charge >= 0.3 is 0 Å². The fourth-order valence-electron chi connectivity index (χ4n) is 2.55. The molecule has 0 radical (unpaired) electrons. The van der Waals surface area contributed by atoms with Crippen molar-refractivity contribution < 1.29 is 0 Å². The molecule has 0 unspecified atom stereocenters. The Morgan fingerprint density at radius 3 is 2.65 bits per heavy atom. The number of piperazine rings is 1. The predicted octanol–water partition coefficient (Wildman–Crippen LogP) is 1.15. The van der Waals surface area contributed by atoms with Gasteiger partial charge in [0.15, 0.2) is 0 Å². The van der Waals surface area contributed by atoms with E-state index in [1.807, 2.05) is 0 Å². The summed E-state index contributed by atoms with van der Waals surface area (Å²) >= 11 is 0. The smallest absolute Gasteiger partial charge is 0.0234 e. The quantitative estimate of drug-likeness (QED) is 0.847. The number of hydrogen-bond donors (Lipinski definition) is 1. The largest absolute Gasteiger partial charge is 0.329 e. The van der Waals surface area contributed by atoms with E-state index in [0.29, 0.717) is 6.04 Å². The normalized spacial score (nSPS) is 22.8. The molecule has 1 aromatic carbocycles. The SMILES string of the molecule is C[C@H]1CN(Cc2ccccc2)CCN1CCN. The lowest BCUT2D eigenvalue weighted by molar-refractivity contribution is 0.0815. The second kappa shape index (κ2) is 6.15. The maximum Gasteiger partial charge on any atom is 0.0234 e. The minimum Gasteiger partial charge on any atom is -0.329 e. The maximum atomic E-state index is 5.62. The first kappa shape index (κ1) is 12.6. The van der Waals surface area contributed by atoms with Crippen LogP contribution in [-0.4, -0.2) is 48.6 Å². The van der Waals surface area contributed by atoms with E-state index in [0.717, 1.165) is 39.3 Å². The highest BCUT2D eigenvalue weighted by molar-refractivity contribution is 5.14. The van der Waals surface area contributed by atoms with Gasteiger partial charge in [0.2, 0.25) is 0 Å². The van der Waals surface area contributed by atoms with Crippen molar-refractivity contribution in [2.75, 3.05) is 32.7 Å². The third kappa shape index (κ3) is 3.53. The van der Waals surface area contributed by atoms with Crippen LogP contribution in [-0.2, 0) is 6.54 Å². The average molecular weight is 233 g/mol. The molecule has 1 atom stereocenters. The van der Waals surface area contributed by atoms with Gasteiger partial charge in [-0.1, -0.05) is 30.3 Å². The van der Waals surface area contributed by atoms with Crippen LogP contribution in [0.5, 0.6) is 0 Å². The summed E-state index contributed by atoms with van der Waals surface area (Å²) in [5, 5.41) is 0. The molecule has 17 heavy (non-hydrogen) atoms. The zero-order valence-electron chi connectivity index (χ0n) is 10.7. The van der Waals surface area contributed by atoms with Gasteiger partial charge in [-0.2, -0.15) is 0 Å². The minimum atomic E-state index is 0.621. The molecule has 0 aliphatic carbocycles. The van der Waals surface area contributed by atoms with E-state index in [4.69, 9.17) is 5.73 Å². The van der Waals surface area contributed by atoms with E-state index in [9.17, 15) is 0 Å². The molecule has 1 aliphatic rings. The Labute approximate surface area is 104 Å². The van der Waals surface area contributed by atoms with Crippen LogP contribution in [0.15, 0.2) is 30.3 Å². The monoisotopic (exact) mass is 233 g/mol. The Bertz CT molecular complexity index is 325. The van der Waals surface area contributed by atoms with Crippen LogP contribution in [0.25, 0.3) is 0 Å². The molecule has 1 heterocycles. The lowest BCUT2D eigenvalue weighted by atomic mass is 10.1. The van der Waals surface area contributed by atoms with Gasteiger partial charge in [-0.15, -0.1) is 0 Å². The molecule has 1 saturated heterocycles. The molecule has 3 nitrogen and oxygen atoms in total. The van der Waals surface area contributed by atoms with Crippen LogP contribution in [0.3, 0.4) is 0 Å². The molecule has 0 amide bonds. The molecular formula is C14H23N3. The molecule has 1 aromatic rings. The van der Waals surface area contributed by atoms with Crippen molar-refractivity contribution in [3.05, 3.63) is 35.9 Å². The Morgan fingerprint density at radius 1 is 1.24 bits per heavy atom. The van der Waals surface area contributed by atoms with Crippen LogP contribution < -0.4 is 5.73 Å². The highest BCUT2D eigenvalue weighted by Crippen LogP contribution is 2.12. The molecule has 94 valence electrons. The molecule has 2 rings (SSSR count). The minimum absolute atomic E-state index is 0.621. The first-order chi connectivity index (χ1) is 8.29. The van der Waals surface area contributed by atoms with Crippen molar-refractivity contribution in [2.24, 2.45) is 5.73 Å². The van der Waals surface area contributed by atoms with Gasteiger partial charge in [-0.05, 0) is 12.5 Å². The second-order valence-corrected chi connectivity index (χ2v) is 4.89. The fourth-order valence-corrected chi connectivity index (χ4v) is 2.55. The van der Waals surface area contributed by atoms with E-state index in [1.54, 1.807) is 0 Å². The number of nitrogens with zero attached hydrogens (tertiary/aromatic N) is 2. The van der Waals surface area contributed by atoms with Crippen molar-refractivity contribution in [3.63, 3.8) is 0 Å². The van der Waals surface area contributed by atoms with Crippen molar-refractivity contribution in [2.45, 2.75) is 19.5 Å². The Balaban J connectivity index is 1.85. The van der Waals surface area contributed by atoms with Gasteiger partial charge < -0.3 is 5.73 Å². The van der Waals surface area contributed by atoms with Crippen LogP contribution in [0.2, 0.25) is 0 Å².